The Labute approximate surface area is 150 Å². The molecular weight excluding hydrogens is 370 g/mol. The SMILES string of the molecule is O=C(COC(=O)CSc1cc(F)ccc1F)Nc1cccc([N+](=O)[O-])c1. The number of esters is 1. The second kappa shape index (κ2) is 8.90. The van der Waals surface area contributed by atoms with Crippen molar-refractivity contribution in [2.75, 3.05) is 17.7 Å². The van der Waals surface area contributed by atoms with Crippen LogP contribution in [0.4, 0.5) is 20.2 Å². The molecule has 0 radical (unpaired) electrons. The zero-order valence-electron chi connectivity index (χ0n) is 13.1. The van der Waals surface area contributed by atoms with Gasteiger partial charge in [-0.1, -0.05) is 6.07 Å². The minimum absolute atomic E-state index is 0.0528. The number of non-ortho nitro benzene ring substituents is 1. The lowest BCUT2D eigenvalue weighted by molar-refractivity contribution is -0.384. The first kappa shape index (κ1) is 19.3. The van der Waals surface area contributed by atoms with Crippen LogP contribution < -0.4 is 5.32 Å². The summed E-state index contributed by atoms with van der Waals surface area (Å²) in [5.41, 5.74) is -0.0234. The van der Waals surface area contributed by atoms with E-state index < -0.39 is 35.0 Å². The molecule has 0 saturated heterocycles. The number of thioether (sulfide) groups is 1. The summed E-state index contributed by atoms with van der Waals surface area (Å²) in [6.45, 7) is -0.617. The van der Waals surface area contributed by atoms with E-state index in [1.54, 1.807) is 0 Å². The van der Waals surface area contributed by atoms with Gasteiger partial charge in [-0.15, -0.1) is 11.8 Å². The molecule has 0 aliphatic heterocycles. The van der Waals surface area contributed by atoms with Gasteiger partial charge in [-0.05, 0) is 24.3 Å². The standard InChI is InChI=1S/C16H12F2N2O5S/c17-10-4-5-13(18)14(6-10)26-9-16(22)25-8-15(21)19-11-2-1-3-12(7-11)20(23)24/h1-7H,8-9H2,(H,19,21). The highest BCUT2D eigenvalue weighted by atomic mass is 32.2. The summed E-state index contributed by atoms with van der Waals surface area (Å²) in [6, 6.07) is 8.09. The van der Waals surface area contributed by atoms with Crippen molar-refractivity contribution in [3.63, 3.8) is 0 Å². The van der Waals surface area contributed by atoms with Gasteiger partial charge in [0.25, 0.3) is 11.6 Å². The Kier molecular flexibility index (Phi) is 6.61. The molecule has 0 saturated carbocycles. The highest BCUT2D eigenvalue weighted by Gasteiger charge is 2.12. The maximum Gasteiger partial charge on any atom is 0.316 e. The summed E-state index contributed by atoms with van der Waals surface area (Å²) in [4.78, 5) is 33.3. The molecule has 0 aliphatic carbocycles. The maximum atomic E-state index is 13.4. The third-order valence-electron chi connectivity index (χ3n) is 2.94. The fourth-order valence-corrected chi connectivity index (χ4v) is 2.57. The number of hydrogen-bond donors (Lipinski definition) is 1. The Morgan fingerprint density at radius 1 is 1.19 bits per heavy atom. The molecule has 1 amide bonds. The Balaban J connectivity index is 1.80. The van der Waals surface area contributed by atoms with E-state index in [-0.39, 0.29) is 22.0 Å². The normalized spacial score (nSPS) is 10.2. The van der Waals surface area contributed by atoms with Crippen molar-refractivity contribution in [2.45, 2.75) is 4.90 Å². The fraction of sp³-hybridized carbons (Fsp3) is 0.125. The van der Waals surface area contributed by atoms with E-state index in [1.165, 1.54) is 18.2 Å². The summed E-state index contributed by atoms with van der Waals surface area (Å²) in [7, 11) is 0. The van der Waals surface area contributed by atoms with Crippen LogP contribution in [0.5, 0.6) is 0 Å². The monoisotopic (exact) mass is 382 g/mol. The third-order valence-corrected chi connectivity index (χ3v) is 3.95. The Bertz CT molecular complexity index is 847. The van der Waals surface area contributed by atoms with Crippen LogP contribution in [-0.2, 0) is 14.3 Å². The number of carbonyl (C=O) groups is 2. The molecule has 2 aromatic rings. The van der Waals surface area contributed by atoms with Crippen LogP contribution in [0.1, 0.15) is 0 Å². The number of nitrogens with zero attached hydrogens (tertiary/aromatic N) is 1. The lowest BCUT2D eigenvalue weighted by Gasteiger charge is -2.07. The Morgan fingerprint density at radius 3 is 2.69 bits per heavy atom. The number of halogens is 2. The van der Waals surface area contributed by atoms with Crippen LogP contribution >= 0.6 is 11.8 Å². The molecule has 136 valence electrons. The molecule has 1 N–H and O–H groups in total. The van der Waals surface area contributed by atoms with Crippen molar-refractivity contribution in [1.82, 2.24) is 0 Å². The molecule has 10 heteroatoms. The summed E-state index contributed by atoms with van der Waals surface area (Å²) in [6.07, 6.45) is 0. The molecule has 7 nitrogen and oxygen atoms in total. The number of nitro benzene ring substituents is 1. The van der Waals surface area contributed by atoms with Gasteiger partial charge in [0.05, 0.1) is 10.7 Å². The molecule has 0 heterocycles. The molecule has 26 heavy (non-hydrogen) atoms. The predicted octanol–water partition coefficient (Wildman–Crippen LogP) is 3.15. The summed E-state index contributed by atoms with van der Waals surface area (Å²) >= 11 is 0.734. The van der Waals surface area contributed by atoms with Gasteiger partial charge in [0.15, 0.2) is 6.61 Å². The molecule has 0 atom stereocenters. The first-order valence-electron chi connectivity index (χ1n) is 7.13. The summed E-state index contributed by atoms with van der Waals surface area (Å²) in [5, 5.41) is 13.0. The van der Waals surface area contributed by atoms with Crippen LogP contribution in [0.15, 0.2) is 47.4 Å². The predicted molar refractivity (Wildman–Crippen MR) is 89.8 cm³/mol. The zero-order chi connectivity index (χ0) is 19.1. The number of anilines is 1. The molecule has 2 aromatic carbocycles. The first-order chi connectivity index (χ1) is 12.3. The minimum Gasteiger partial charge on any atom is -0.455 e. The van der Waals surface area contributed by atoms with Gasteiger partial charge < -0.3 is 10.1 Å². The van der Waals surface area contributed by atoms with Gasteiger partial charge in [-0.3, -0.25) is 19.7 Å². The number of nitro groups is 1. The van der Waals surface area contributed by atoms with E-state index >= 15 is 0 Å². The fourth-order valence-electron chi connectivity index (χ4n) is 1.81. The van der Waals surface area contributed by atoms with Crippen molar-refractivity contribution in [1.29, 1.82) is 0 Å². The van der Waals surface area contributed by atoms with Gasteiger partial charge in [-0.2, -0.15) is 0 Å². The lowest BCUT2D eigenvalue weighted by Crippen LogP contribution is -2.21. The van der Waals surface area contributed by atoms with Crippen molar-refractivity contribution in [2.24, 2.45) is 0 Å². The molecule has 0 unspecified atom stereocenters. The number of nitrogens with one attached hydrogen (secondary N) is 1. The molecule has 0 fully saturated rings. The molecule has 2 rings (SSSR count). The molecule has 0 spiro atoms. The first-order valence-corrected chi connectivity index (χ1v) is 8.11. The third kappa shape index (κ3) is 5.81. The topological polar surface area (TPSA) is 98.5 Å². The molecule has 0 aliphatic rings. The number of rotatable bonds is 7. The van der Waals surface area contributed by atoms with Crippen LogP contribution in [0.2, 0.25) is 0 Å². The van der Waals surface area contributed by atoms with Crippen molar-refractivity contribution < 1.29 is 28.0 Å². The van der Waals surface area contributed by atoms with E-state index in [1.807, 2.05) is 0 Å². The second-order valence-electron chi connectivity index (χ2n) is 4.88. The number of benzene rings is 2. The largest absolute Gasteiger partial charge is 0.455 e. The van der Waals surface area contributed by atoms with Gasteiger partial charge in [0, 0.05) is 22.7 Å². The Hall–Kier alpha value is -3.01. The van der Waals surface area contributed by atoms with E-state index in [0.29, 0.717) is 0 Å². The van der Waals surface area contributed by atoms with Gasteiger partial charge in [-0.25, -0.2) is 8.78 Å². The number of hydrogen-bond acceptors (Lipinski definition) is 6. The van der Waals surface area contributed by atoms with Crippen LogP contribution in [0.25, 0.3) is 0 Å². The van der Waals surface area contributed by atoms with Crippen LogP contribution in [0.3, 0.4) is 0 Å². The van der Waals surface area contributed by atoms with Crippen molar-refractivity contribution in [3.8, 4) is 0 Å². The van der Waals surface area contributed by atoms with Crippen LogP contribution in [0, 0.1) is 21.7 Å². The number of carbonyl (C=O) groups excluding carboxylic acids is 2. The molecule has 0 aromatic heterocycles. The van der Waals surface area contributed by atoms with Crippen LogP contribution in [-0.4, -0.2) is 29.2 Å². The van der Waals surface area contributed by atoms with E-state index in [4.69, 9.17) is 4.74 Å². The van der Waals surface area contributed by atoms with E-state index in [0.717, 1.165) is 36.0 Å². The van der Waals surface area contributed by atoms with Gasteiger partial charge in [0.2, 0.25) is 0 Å². The van der Waals surface area contributed by atoms with Gasteiger partial charge in [0.1, 0.15) is 11.6 Å². The van der Waals surface area contributed by atoms with Crippen molar-refractivity contribution in [3.05, 3.63) is 64.2 Å². The number of ether oxygens (including phenoxy) is 1. The zero-order valence-corrected chi connectivity index (χ0v) is 13.9. The molecule has 0 bridgehead atoms. The summed E-state index contributed by atoms with van der Waals surface area (Å²) in [5.74, 6) is -3.12. The van der Waals surface area contributed by atoms with Crippen molar-refractivity contribution >= 4 is 35.0 Å². The smallest absolute Gasteiger partial charge is 0.316 e. The minimum atomic E-state index is -0.798. The second-order valence-corrected chi connectivity index (χ2v) is 5.90. The maximum absolute atomic E-state index is 13.4. The summed E-state index contributed by atoms with van der Waals surface area (Å²) < 4.78 is 31.2. The van der Waals surface area contributed by atoms with E-state index in [2.05, 4.69) is 5.32 Å². The van der Waals surface area contributed by atoms with Gasteiger partial charge >= 0.3 is 5.97 Å². The average Bonchev–Trinajstić information content (AvgIpc) is 2.61. The van der Waals surface area contributed by atoms with E-state index in [9.17, 15) is 28.5 Å². The molecular formula is C16H12F2N2O5S. The number of amides is 1. The lowest BCUT2D eigenvalue weighted by atomic mass is 10.3. The average molecular weight is 382 g/mol. The Morgan fingerprint density at radius 2 is 1.96 bits per heavy atom. The highest BCUT2D eigenvalue weighted by Crippen LogP contribution is 2.22. The quantitative estimate of drug-likeness (QED) is 0.342. The highest BCUT2D eigenvalue weighted by molar-refractivity contribution is 8.00.